The zero-order valence-corrected chi connectivity index (χ0v) is 16.0. The number of hydrogen-bond donors (Lipinski definition) is 1. The van der Waals surface area contributed by atoms with E-state index in [2.05, 4.69) is 5.32 Å². The molecule has 1 heterocycles. The number of nitrogens with zero attached hydrogens (tertiary/aromatic N) is 1. The number of halogens is 1. The molecule has 6 nitrogen and oxygen atoms in total. The van der Waals surface area contributed by atoms with Crippen LogP contribution in [0.2, 0.25) is 5.02 Å². The minimum atomic E-state index is -0.385. The molecule has 0 fully saturated rings. The normalized spacial score (nSPS) is 12.4. The molecule has 0 aliphatic carbocycles. The number of ether oxygens (including phenoxy) is 2. The molecule has 0 bridgehead atoms. The Morgan fingerprint density at radius 2 is 1.74 bits per heavy atom. The van der Waals surface area contributed by atoms with Gasteiger partial charge in [0.15, 0.2) is 11.5 Å². The van der Waals surface area contributed by atoms with E-state index < -0.39 is 0 Å². The summed E-state index contributed by atoms with van der Waals surface area (Å²) in [6.07, 6.45) is 0. The number of nitrogens with one attached hydrogen (secondary N) is 1. The van der Waals surface area contributed by atoms with Crippen molar-refractivity contribution < 1.29 is 19.1 Å². The predicted octanol–water partition coefficient (Wildman–Crippen LogP) is 3.85. The molecule has 1 N–H and O–H groups in total. The fraction of sp³-hybridized carbons (Fsp3) is 0.300. The zero-order valence-electron chi connectivity index (χ0n) is 15.3. The summed E-state index contributed by atoms with van der Waals surface area (Å²) in [5, 5.41) is 3.06. The van der Waals surface area contributed by atoms with Crippen molar-refractivity contribution in [1.29, 1.82) is 0 Å². The van der Waals surface area contributed by atoms with Crippen LogP contribution in [-0.4, -0.2) is 43.0 Å². The first kappa shape index (κ1) is 19.0. The van der Waals surface area contributed by atoms with E-state index >= 15 is 0 Å². The lowest BCUT2D eigenvalue weighted by molar-refractivity contribution is 0.0772. The Labute approximate surface area is 163 Å². The van der Waals surface area contributed by atoms with Crippen molar-refractivity contribution in [2.45, 2.75) is 13.8 Å². The van der Waals surface area contributed by atoms with Crippen molar-refractivity contribution in [3.8, 4) is 11.5 Å². The Bertz CT molecular complexity index is 865. The van der Waals surface area contributed by atoms with Crippen LogP contribution in [0.1, 0.15) is 34.6 Å². The molecule has 142 valence electrons. The summed E-state index contributed by atoms with van der Waals surface area (Å²) in [6.45, 7) is 5.97. The van der Waals surface area contributed by atoms with E-state index in [0.29, 0.717) is 49.1 Å². The van der Waals surface area contributed by atoms with Crippen molar-refractivity contribution >= 4 is 29.1 Å². The fourth-order valence-corrected chi connectivity index (χ4v) is 3.10. The summed E-state index contributed by atoms with van der Waals surface area (Å²) >= 11 is 6.23. The van der Waals surface area contributed by atoms with Crippen LogP contribution in [0.5, 0.6) is 11.5 Å². The van der Waals surface area contributed by atoms with Crippen LogP contribution in [0.3, 0.4) is 0 Å². The third-order valence-electron chi connectivity index (χ3n) is 4.29. The van der Waals surface area contributed by atoms with Gasteiger partial charge in [-0.05, 0) is 38.1 Å². The molecule has 0 saturated heterocycles. The van der Waals surface area contributed by atoms with E-state index in [9.17, 15) is 9.59 Å². The van der Waals surface area contributed by atoms with Crippen molar-refractivity contribution in [3.05, 3.63) is 52.5 Å². The van der Waals surface area contributed by atoms with E-state index in [1.807, 2.05) is 13.8 Å². The summed E-state index contributed by atoms with van der Waals surface area (Å²) in [6, 6.07) is 9.99. The largest absolute Gasteiger partial charge is 0.486 e. The van der Waals surface area contributed by atoms with Gasteiger partial charge in [-0.1, -0.05) is 17.7 Å². The maximum atomic E-state index is 12.7. The van der Waals surface area contributed by atoms with E-state index in [1.54, 1.807) is 41.3 Å². The highest BCUT2D eigenvalue weighted by Gasteiger charge is 2.20. The standard InChI is InChI=1S/C20H21ClN2O4/c1-3-23(4-2)20(25)13-6-5-7-14(10-13)22-19(24)15-11-17-18(12-16(15)21)27-9-8-26-17/h5-7,10-12H,3-4,8-9H2,1-2H3,(H,22,24). The summed E-state index contributed by atoms with van der Waals surface area (Å²) < 4.78 is 11.0. The van der Waals surface area contributed by atoms with Gasteiger partial charge in [-0.15, -0.1) is 0 Å². The molecular weight excluding hydrogens is 368 g/mol. The van der Waals surface area contributed by atoms with Gasteiger partial charge in [-0.2, -0.15) is 0 Å². The van der Waals surface area contributed by atoms with Crippen LogP contribution in [-0.2, 0) is 0 Å². The fourth-order valence-electron chi connectivity index (χ4n) is 2.86. The second-order valence-corrected chi connectivity index (χ2v) is 6.40. The molecule has 0 saturated carbocycles. The Hall–Kier alpha value is -2.73. The number of carbonyl (C=O) groups excluding carboxylic acids is 2. The molecule has 0 radical (unpaired) electrons. The number of benzene rings is 2. The SMILES string of the molecule is CCN(CC)C(=O)c1cccc(NC(=O)c2cc3c(cc2Cl)OCCO3)c1. The molecular formula is C20H21ClN2O4. The first-order chi connectivity index (χ1) is 13.0. The Kier molecular flexibility index (Phi) is 5.86. The quantitative estimate of drug-likeness (QED) is 0.844. The first-order valence-electron chi connectivity index (χ1n) is 8.83. The highest BCUT2D eigenvalue weighted by Crippen LogP contribution is 2.35. The lowest BCUT2D eigenvalue weighted by Crippen LogP contribution is -2.30. The van der Waals surface area contributed by atoms with Gasteiger partial charge in [-0.25, -0.2) is 0 Å². The molecule has 3 rings (SSSR count). The molecule has 0 atom stereocenters. The molecule has 1 aliphatic rings. The van der Waals surface area contributed by atoms with Gasteiger partial charge in [0.1, 0.15) is 13.2 Å². The van der Waals surface area contributed by atoms with Gasteiger partial charge in [0.25, 0.3) is 11.8 Å². The molecule has 0 unspecified atom stereocenters. The van der Waals surface area contributed by atoms with E-state index in [-0.39, 0.29) is 22.4 Å². The van der Waals surface area contributed by atoms with Gasteiger partial charge in [0.2, 0.25) is 0 Å². The van der Waals surface area contributed by atoms with Gasteiger partial charge < -0.3 is 19.7 Å². The number of rotatable bonds is 5. The second-order valence-electron chi connectivity index (χ2n) is 5.99. The molecule has 2 aromatic carbocycles. The van der Waals surface area contributed by atoms with Crippen molar-refractivity contribution in [2.75, 3.05) is 31.6 Å². The molecule has 0 spiro atoms. The number of amides is 2. The highest BCUT2D eigenvalue weighted by molar-refractivity contribution is 6.34. The Morgan fingerprint density at radius 1 is 1.07 bits per heavy atom. The van der Waals surface area contributed by atoms with Crippen LogP contribution in [0.4, 0.5) is 5.69 Å². The highest BCUT2D eigenvalue weighted by atomic mass is 35.5. The lowest BCUT2D eigenvalue weighted by Gasteiger charge is -2.20. The lowest BCUT2D eigenvalue weighted by atomic mass is 10.1. The van der Waals surface area contributed by atoms with Crippen molar-refractivity contribution in [2.24, 2.45) is 0 Å². The number of hydrogen-bond acceptors (Lipinski definition) is 4. The first-order valence-corrected chi connectivity index (χ1v) is 9.21. The van der Waals surface area contributed by atoms with Gasteiger partial charge in [0.05, 0.1) is 10.6 Å². The zero-order chi connectivity index (χ0) is 19.4. The molecule has 0 aromatic heterocycles. The van der Waals surface area contributed by atoms with Crippen LogP contribution in [0, 0.1) is 0 Å². The molecule has 1 aliphatic heterocycles. The molecule has 7 heteroatoms. The minimum absolute atomic E-state index is 0.0755. The molecule has 2 aromatic rings. The monoisotopic (exact) mass is 388 g/mol. The smallest absolute Gasteiger partial charge is 0.257 e. The molecule has 27 heavy (non-hydrogen) atoms. The van der Waals surface area contributed by atoms with Gasteiger partial charge in [0, 0.05) is 30.4 Å². The third-order valence-corrected chi connectivity index (χ3v) is 4.61. The van der Waals surface area contributed by atoms with E-state index in [1.165, 1.54) is 0 Å². The van der Waals surface area contributed by atoms with E-state index in [0.717, 1.165) is 0 Å². The predicted molar refractivity (Wildman–Crippen MR) is 104 cm³/mol. The average molecular weight is 389 g/mol. The van der Waals surface area contributed by atoms with Gasteiger partial charge >= 0.3 is 0 Å². The van der Waals surface area contributed by atoms with Crippen LogP contribution < -0.4 is 14.8 Å². The second kappa shape index (κ2) is 8.31. The number of carbonyl (C=O) groups is 2. The summed E-state index contributed by atoms with van der Waals surface area (Å²) in [7, 11) is 0. The summed E-state index contributed by atoms with van der Waals surface area (Å²) in [5.41, 5.74) is 1.31. The summed E-state index contributed by atoms with van der Waals surface area (Å²) in [4.78, 5) is 26.9. The third kappa shape index (κ3) is 4.17. The average Bonchev–Trinajstić information content (AvgIpc) is 2.68. The van der Waals surface area contributed by atoms with Crippen molar-refractivity contribution in [3.63, 3.8) is 0 Å². The van der Waals surface area contributed by atoms with Gasteiger partial charge in [-0.3, -0.25) is 9.59 Å². The maximum Gasteiger partial charge on any atom is 0.257 e. The number of anilines is 1. The van der Waals surface area contributed by atoms with Crippen LogP contribution in [0.25, 0.3) is 0 Å². The van der Waals surface area contributed by atoms with E-state index in [4.69, 9.17) is 21.1 Å². The topological polar surface area (TPSA) is 67.9 Å². The number of fused-ring (bicyclic) bond motifs is 1. The van der Waals surface area contributed by atoms with Crippen LogP contribution >= 0.6 is 11.6 Å². The van der Waals surface area contributed by atoms with Crippen molar-refractivity contribution in [1.82, 2.24) is 4.90 Å². The Morgan fingerprint density at radius 3 is 2.41 bits per heavy atom. The maximum absolute atomic E-state index is 12.7. The minimum Gasteiger partial charge on any atom is -0.486 e. The molecule has 2 amide bonds. The Balaban J connectivity index is 1.81. The van der Waals surface area contributed by atoms with Crippen LogP contribution in [0.15, 0.2) is 36.4 Å². The summed E-state index contributed by atoms with van der Waals surface area (Å²) in [5.74, 6) is 0.550.